The van der Waals surface area contributed by atoms with Gasteiger partial charge in [0.1, 0.15) is 0 Å². The Kier molecular flexibility index (Phi) is 6.08. The number of ether oxygens (including phenoxy) is 2. The average Bonchev–Trinajstić information content (AvgIpc) is 2.91. The van der Waals surface area contributed by atoms with E-state index in [1.165, 1.54) is 16.9 Å². The fourth-order valence-corrected chi connectivity index (χ4v) is 3.75. The predicted molar refractivity (Wildman–Crippen MR) is 123 cm³/mol. The summed E-state index contributed by atoms with van der Waals surface area (Å²) in [6.45, 7) is 4.43. The number of benzene rings is 2. The molecule has 1 heterocycles. The van der Waals surface area contributed by atoms with Crippen molar-refractivity contribution in [2.75, 3.05) is 31.5 Å². The maximum Gasteiger partial charge on any atom is 0.191 e. The Labute approximate surface area is 177 Å². The van der Waals surface area contributed by atoms with E-state index in [0.717, 1.165) is 5.69 Å². The van der Waals surface area contributed by atoms with Gasteiger partial charge in [-0.25, -0.2) is 0 Å². The van der Waals surface area contributed by atoms with Gasteiger partial charge in [-0.3, -0.25) is 5.43 Å². The molecule has 0 spiro atoms. The Morgan fingerprint density at radius 2 is 1.83 bits per heavy atom. The molecular formula is C22H26N4O2S. The van der Waals surface area contributed by atoms with Gasteiger partial charge < -0.3 is 19.7 Å². The van der Waals surface area contributed by atoms with E-state index in [9.17, 15) is 0 Å². The van der Waals surface area contributed by atoms with Gasteiger partial charge in [-0.15, -0.1) is 0 Å². The highest BCUT2D eigenvalue weighted by Crippen LogP contribution is 2.46. The van der Waals surface area contributed by atoms with E-state index in [4.69, 9.17) is 21.7 Å². The molecule has 0 unspecified atom stereocenters. The Morgan fingerprint density at radius 1 is 1.10 bits per heavy atom. The summed E-state index contributed by atoms with van der Waals surface area (Å²) in [5.41, 5.74) is 7.22. The van der Waals surface area contributed by atoms with E-state index in [2.05, 4.69) is 65.9 Å². The zero-order chi connectivity index (χ0) is 21.0. The Morgan fingerprint density at radius 3 is 2.52 bits per heavy atom. The highest BCUT2D eigenvalue weighted by atomic mass is 32.1. The normalized spacial score (nSPS) is 16.0. The maximum absolute atomic E-state index is 5.31. The van der Waals surface area contributed by atoms with Gasteiger partial charge in [-0.1, -0.05) is 32.0 Å². The summed E-state index contributed by atoms with van der Waals surface area (Å²) in [7, 11) is 5.27. The standard InChI is InChI=1S/C22H26N4O2S/c1-22(2)16-8-6-7-9-17(16)26(3)20(22)12-13-23-25-21(29)24-15-10-11-18(27-4)19(14-15)28-5/h6-14H,1-5H3,(H2,24,25,29)/b20-12+,23-13-. The number of allylic oxidation sites excluding steroid dienone is 2. The van der Waals surface area contributed by atoms with Crippen molar-refractivity contribution >= 4 is 34.9 Å². The van der Waals surface area contributed by atoms with E-state index < -0.39 is 0 Å². The van der Waals surface area contributed by atoms with Crippen LogP contribution in [0.1, 0.15) is 19.4 Å². The highest BCUT2D eigenvalue weighted by molar-refractivity contribution is 7.80. The minimum absolute atomic E-state index is 0.0875. The van der Waals surface area contributed by atoms with Crippen LogP contribution in [0.5, 0.6) is 11.5 Å². The Bertz CT molecular complexity index is 969. The van der Waals surface area contributed by atoms with Crippen molar-refractivity contribution in [3.8, 4) is 11.5 Å². The molecule has 29 heavy (non-hydrogen) atoms. The average molecular weight is 411 g/mol. The van der Waals surface area contributed by atoms with Crippen LogP contribution in [0.4, 0.5) is 11.4 Å². The van der Waals surface area contributed by atoms with Gasteiger partial charge in [0, 0.05) is 41.8 Å². The number of nitrogens with zero attached hydrogens (tertiary/aromatic N) is 2. The van der Waals surface area contributed by atoms with Crippen LogP contribution in [0.2, 0.25) is 0 Å². The first kappa shape index (κ1) is 20.7. The molecule has 1 aliphatic rings. The van der Waals surface area contributed by atoms with E-state index in [-0.39, 0.29) is 5.41 Å². The van der Waals surface area contributed by atoms with Crippen molar-refractivity contribution in [2.24, 2.45) is 5.10 Å². The van der Waals surface area contributed by atoms with Gasteiger partial charge in [-0.05, 0) is 42.1 Å². The molecule has 6 nitrogen and oxygen atoms in total. The van der Waals surface area contributed by atoms with Crippen LogP contribution in [0, 0.1) is 0 Å². The number of para-hydroxylation sites is 1. The van der Waals surface area contributed by atoms with E-state index in [1.54, 1.807) is 20.4 Å². The first-order chi connectivity index (χ1) is 13.9. The smallest absolute Gasteiger partial charge is 0.191 e. The minimum atomic E-state index is -0.0875. The third-order valence-corrected chi connectivity index (χ3v) is 5.25. The molecule has 7 heteroatoms. The number of rotatable bonds is 5. The predicted octanol–water partition coefficient (Wildman–Crippen LogP) is 4.29. The lowest BCUT2D eigenvalue weighted by Crippen LogP contribution is -2.24. The third kappa shape index (κ3) is 4.19. The number of likely N-dealkylation sites (N-methyl/N-ethyl adjacent to an activating group) is 1. The van der Waals surface area contributed by atoms with Crippen molar-refractivity contribution in [1.82, 2.24) is 5.43 Å². The molecular weight excluding hydrogens is 384 g/mol. The Hall–Kier alpha value is -3.06. The van der Waals surface area contributed by atoms with Crippen LogP contribution in [0.25, 0.3) is 0 Å². The molecule has 0 saturated heterocycles. The number of fused-ring (bicyclic) bond motifs is 1. The van der Waals surface area contributed by atoms with Gasteiger partial charge in [0.25, 0.3) is 0 Å². The molecule has 2 aromatic carbocycles. The van der Waals surface area contributed by atoms with Crippen molar-refractivity contribution in [3.63, 3.8) is 0 Å². The van der Waals surface area contributed by atoms with Gasteiger partial charge in [0.15, 0.2) is 16.6 Å². The number of anilines is 2. The fraction of sp³-hybridized carbons (Fsp3) is 0.273. The molecule has 0 radical (unpaired) electrons. The van der Waals surface area contributed by atoms with Gasteiger partial charge >= 0.3 is 0 Å². The number of hydrazone groups is 1. The van der Waals surface area contributed by atoms with Gasteiger partial charge in [-0.2, -0.15) is 5.10 Å². The van der Waals surface area contributed by atoms with Gasteiger partial charge in [0.2, 0.25) is 0 Å². The Balaban J connectivity index is 1.64. The molecule has 0 aromatic heterocycles. The molecule has 0 bridgehead atoms. The van der Waals surface area contributed by atoms with Crippen LogP contribution in [-0.4, -0.2) is 32.6 Å². The largest absolute Gasteiger partial charge is 0.493 e. The number of methoxy groups -OCH3 is 2. The summed E-state index contributed by atoms with van der Waals surface area (Å²) in [6, 6.07) is 13.9. The molecule has 1 aliphatic heterocycles. The van der Waals surface area contributed by atoms with E-state index in [1.807, 2.05) is 24.3 Å². The SMILES string of the molecule is COc1ccc(NC(=S)N/N=C\C=C2\N(C)c3ccccc3C2(C)C)cc1OC. The lowest BCUT2D eigenvalue weighted by molar-refractivity contribution is 0.355. The number of nitrogens with one attached hydrogen (secondary N) is 2. The molecule has 0 aliphatic carbocycles. The first-order valence-corrected chi connectivity index (χ1v) is 9.65. The molecule has 0 atom stereocenters. The maximum atomic E-state index is 5.31. The van der Waals surface area contributed by atoms with Crippen molar-refractivity contribution < 1.29 is 9.47 Å². The number of thiocarbonyl (C=S) groups is 1. The zero-order valence-electron chi connectivity index (χ0n) is 17.3. The second-order valence-corrected chi connectivity index (χ2v) is 7.58. The van der Waals surface area contributed by atoms with Crippen molar-refractivity contribution in [3.05, 3.63) is 59.8 Å². The molecule has 0 fully saturated rings. The van der Waals surface area contributed by atoms with E-state index >= 15 is 0 Å². The second-order valence-electron chi connectivity index (χ2n) is 7.17. The lowest BCUT2D eigenvalue weighted by Gasteiger charge is -2.23. The van der Waals surface area contributed by atoms with Crippen LogP contribution in [0.3, 0.4) is 0 Å². The second kappa shape index (κ2) is 8.53. The fourth-order valence-electron chi connectivity index (χ4n) is 3.58. The third-order valence-electron chi connectivity index (χ3n) is 5.05. The summed E-state index contributed by atoms with van der Waals surface area (Å²) in [5, 5.41) is 7.69. The van der Waals surface area contributed by atoms with Crippen LogP contribution in [0.15, 0.2) is 59.3 Å². The van der Waals surface area contributed by atoms with E-state index in [0.29, 0.717) is 16.6 Å². The lowest BCUT2D eigenvalue weighted by atomic mass is 9.84. The summed E-state index contributed by atoms with van der Waals surface area (Å²) in [5.74, 6) is 1.28. The van der Waals surface area contributed by atoms with Crippen LogP contribution < -0.4 is 25.1 Å². The van der Waals surface area contributed by atoms with Crippen LogP contribution >= 0.6 is 12.2 Å². The van der Waals surface area contributed by atoms with Crippen molar-refractivity contribution in [1.29, 1.82) is 0 Å². The monoisotopic (exact) mass is 410 g/mol. The summed E-state index contributed by atoms with van der Waals surface area (Å²) in [6.07, 6.45) is 3.73. The minimum Gasteiger partial charge on any atom is -0.493 e. The number of hydrogen-bond acceptors (Lipinski definition) is 5. The topological polar surface area (TPSA) is 58.1 Å². The number of hydrogen-bond donors (Lipinski definition) is 2. The first-order valence-electron chi connectivity index (χ1n) is 9.24. The van der Waals surface area contributed by atoms with Gasteiger partial charge in [0.05, 0.1) is 14.2 Å². The zero-order valence-corrected chi connectivity index (χ0v) is 18.1. The quantitative estimate of drug-likeness (QED) is 0.436. The molecule has 2 aromatic rings. The summed E-state index contributed by atoms with van der Waals surface area (Å²) >= 11 is 5.31. The molecule has 2 N–H and O–H groups in total. The van der Waals surface area contributed by atoms with Crippen LogP contribution in [-0.2, 0) is 5.41 Å². The summed E-state index contributed by atoms with van der Waals surface area (Å²) < 4.78 is 10.5. The molecule has 3 rings (SSSR count). The molecule has 0 amide bonds. The molecule has 0 saturated carbocycles. The van der Waals surface area contributed by atoms with Crippen molar-refractivity contribution in [2.45, 2.75) is 19.3 Å². The molecule has 152 valence electrons. The summed E-state index contributed by atoms with van der Waals surface area (Å²) in [4.78, 5) is 2.20. The highest BCUT2D eigenvalue weighted by Gasteiger charge is 2.37.